The second kappa shape index (κ2) is 6.70. The standard InChI is InChI=1S/C15H27N4O/c20-11-10-19-9-8-18(13-19)5-1-4-16-15-12-17-6-2-14(15)3-7-17/h8-9,13-16,20H,1-7,10-12H2/q+1. The van der Waals surface area contributed by atoms with E-state index in [2.05, 4.69) is 27.3 Å². The van der Waals surface area contributed by atoms with Crippen LogP contribution in [0.5, 0.6) is 0 Å². The van der Waals surface area contributed by atoms with E-state index in [0.717, 1.165) is 31.5 Å². The molecular formula is C15H27N4O+. The normalized spacial score (nSPS) is 28.9. The van der Waals surface area contributed by atoms with E-state index in [9.17, 15) is 0 Å². The molecule has 0 amide bonds. The van der Waals surface area contributed by atoms with E-state index in [1.54, 1.807) is 0 Å². The summed E-state index contributed by atoms with van der Waals surface area (Å²) in [7, 11) is 0. The van der Waals surface area contributed by atoms with Crippen molar-refractivity contribution in [1.29, 1.82) is 0 Å². The van der Waals surface area contributed by atoms with Gasteiger partial charge < -0.3 is 15.3 Å². The van der Waals surface area contributed by atoms with Gasteiger partial charge in [0.05, 0.1) is 13.2 Å². The highest BCUT2D eigenvalue weighted by Gasteiger charge is 2.33. The number of nitrogens with one attached hydrogen (secondary N) is 1. The van der Waals surface area contributed by atoms with Crippen LogP contribution in [0, 0.1) is 5.92 Å². The molecule has 3 saturated heterocycles. The fourth-order valence-electron chi connectivity index (χ4n) is 3.56. The van der Waals surface area contributed by atoms with Crippen molar-refractivity contribution in [3.63, 3.8) is 0 Å². The molecule has 1 aromatic rings. The van der Waals surface area contributed by atoms with Crippen LogP contribution in [0.25, 0.3) is 0 Å². The minimum atomic E-state index is 0.204. The Morgan fingerprint density at radius 1 is 1.30 bits per heavy atom. The molecule has 1 atom stereocenters. The van der Waals surface area contributed by atoms with Crippen molar-refractivity contribution in [2.24, 2.45) is 5.92 Å². The summed E-state index contributed by atoms with van der Waals surface area (Å²) in [6.45, 7) is 6.93. The number of aliphatic hydroxyl groups is 1. The Morgan fingerprint density at radius 2 is 2.15 bits per heavy atom. The van der Waals surface area contributed by atoms with Crippen molar-refractivity contribution in [3.8, 4) is 0 Å². The second-order valence-electron chi connectivity index (χ2n) is 6.17. The molecule has 3 fully saturated rings. The maximum atomic E-state index is 8.89. The fraction of sp³-hybridized carbons (Fsp3) is 0.800. The zero-order valence-electron chi connectivity index (χ0n) is 12.2. The third-order valence-corrected chi connectivity index (χ3v) is 4.76. The lowest BCUT2D eigenvalue weighted by Crippen LogP contribution is -2.56. The lowest BCUT2D eigenvalue weighted by molar-refractivity contribution is -0.696. The van der Waals surface area contributed by atoms with Crippen molar-refractivity contribution in [2.75, 3.05) is 32.8 Å². The van der Waals surface area contributed by atoms with Gasteiger partial charge >= 0.3 is 0 Å². The Labute approximate surface area is 121 Å². The Morgan fingerprint density at radius 3 is 2.85 bits per heavy atom. The zero-order valence-corrected chi connectivity index (χ0v) is 12.2. The third-order valence-electron chi connectivity index (χ3n) is 4.76. The highest BCUT2D eigenvalue weighted by molar-refractivity contribution is 4.90. The molecule has 0 spiro atoms. The summed E-state index contributed by atoms with van der Waals surface area (Å²) in [5, 5.41) is 12.6. The first kappa shape index (κ1) is 14.0. The molecule has 0 aromatic carbocycles. The Bertz CT molecular complexity index is 412. The van der Waals surface area contributed by atoms with Crippen molar-refractivity contribution in [1.82, 2.24) is 14.8 Å². The number of rotatable bonds is 7. The zero-order chi connectivity index (χ0) is 13.8. The van der Waals surface area contributed by atoms with Gasteiger partial charge in [-0.2, -0.15) is 0 Å². The fourth-order valence-corrected chi connectivity index (χ4v) is 3.56. The molecule has 5 heteroatoms. The molecular weight excluding hydrogens is 252 g/mol. The number of aromatic nitrogens is 2. The average Bonchev–Trinajstić information content (AvgIpc) is 2.93. The van der Waals surface area contributed by atoms with Crippen molar-refractivity contribution in [3.05, 3.63) is 18.7 Å². The molecule has 2 bridgehead atoms. The van der Waals surface area contributed by atoms with Crippen molar-refractivity contribution >= 4 is 0 Å². The van der Waals surface area contributed by atoms with Crippen LogP contribution >= 0.6 is 0 Å². The molecule has 4 rings (SSSR count). The molecule has 112 valence electrons. The van der Waals surface area contributed by atoms with Crippen molar-refractivity contribution in [2.45, 2.75) is 38.4 Å². The first-order valence-corrected chi connectivity index (χ1v) is 7.96. The first-order valence-electron chi connectivity index (χ1n) is 7.96. The van der Waals surface area contributed by atoms with E-state index in [1.807, 2.05) is 10.8 Å². The largest absolute Gasteiger partial charge is 0.392 e. The van der Waals surface area contributed by atoms with Crippen LogP contribution in [0.2, 0.25) is 0 Å². The average molecular weight is 279 g/mol. The van der Waals surface area contributed by atoms with Crippen LogP contribution in [0.4, 0.5) is 0 Å². The Balaban J connectivity index is 1.35. The Hall–Kier alpha value is -0.910. The summed E-state index contributed by atoms with van der Waals surface area (Å²) in [5.41, 5.74) is 0. The number of imidazole rings is 1. The number of hydrogen-bond donors (Lipinski definition) is 2. The maximum Gasteiger partial charge on any atom is 0.243 e. The topological polar surface area (TPSA) is 44.3 Å². The predicted molar refractivity (Wildman–Crippen MR) is 77.3 cm³/mol. The molecule has 20 heavy (non-hydrogen) atoms. The summed E-state index contributed by atoms with van der Waals surface area (Å²) < 4.78 is 4.23. The molecule has 3 aliphatic heterocycles. The highest BCUT2D eigenvalue weighted by Crippen LogP contribution is 2.27. The summed E-state index contributed by atoms with van der Waals surface area (Å²) in [4.78, 5) is 2.60. The maximum absolute atomic E-state index is 8.89. The predicted octanol–water partition coefficient (Wildman–Crippen LogP) is -0.158. The van der Waals surface area contributed by atoms with Gasteiger partial charge in [-0.05, 0) is 44.8 Å². The molecule has 4 heterocycles. The quantitative estimate of drug-likeness (QED) is 0.538. The van der Waals surface area contributed by atoms with Crippen LogP contribution in [-0.4, -0.2) is 53.4 Å². The summed E-state index contributed by atoms with van der Waals surface area (Å²) in [6.07, 6.45) is 10.1. The van der Waals surface area contributed by atoms with Crippen molar-refractivity contribution < 1.29 is 9.67 Å². The van der Waals surface area contributed by atoms with Crippen LogP contribution in [0.3, 0.4) is 0 Å². The van der Waals surface area contributed by atoms with Gasteiger partial charge in [-0.15, -0.1) is 0 Å². The van der Waals surface area contributed by atoms with E-state index in [-0.39, 0.29) is 6.61 Å². The minimum absolute atomic E-state index is 0.204. The van der Waals surface area contributed by atoms with Gasteiger partial charge in [0.1, 0.15) is 18.9 Å². The number of hydrogen-bond acceptors (Lipinski definition) is 3. The molecule has 5 nitrogen and oxygen atoms in total. The van der Waals surface area contributed by atoms with E-state index >= 15 is 0 Å². The van der Waals surface area contributed by atoms with E-state index < -0.39 is 0 Å². The van der Waals surface area contributed by atoms with Crippen LogP contribution in [0.1, 0.15) is 19.3 Å². The van der Waals surface area contributed by atoms with Crippen LogP contribution in [0.15, 0.2) is 18.7 Å². The monoisotopic (exact) mass is 279 g/mol. The highest BCUT2D eigenvalue weighted by atomic mass is 16.3. The smallest absolute Gasteiger partial charge is 0.243 e. The lowest BCUT2D eigenvalue weighted by Gasteiger charge is -2.45. The number of fused-ring (bicyclic) bond motifs is 3. The summed E-state index contributed by atoms with van der Waals surface area (Å²) >= 11 is 0. The molecule has 0 radical (unpaired) electrons. The van der Waals surface area contributed by atoms with E-state index in [4.69, 9.17) is 5.11 Å². The first-order chi connectivity index (χ1) is 9.85. The SMILES string of the molecule is OCCn1cc[n+](CCCNC2CN3CCC2CC3)c1. The van der Waals surface area contributed by atoms with Gasteiger partial charge in [0.15, 0.2) is 0 Å². The molecule has 3 aliphatic rings. The van der Waals surface area contributed by atoms with E-state index in [1.165, 1.54) is 32.5 Å². The summed E-state index contributed by atoms with van der Waals surface area (Å²) in [5.74, 6) is 0.915. The van der Waals surface area contributed by atoms with Gasteiger partial charge in [-0.3, -0.25) is 0 Å². The second-order valence-corrected chi connectivity index (χ2v) is 6.17. The number of piperidine rings is 3. The number of nitrogens with zero attached hydrogens (tertiary/aromatic N) is 3. The molecule has 2 N–H and O–H groups in total. The number of aryl methyl sites for hydroxylation is 1. The van der Waals surface area contributed by atoms with Gasteiger partial charge in [0, 0.05) is 12.6 Å². The molecule has 0 aliphatic carbocycles. The van der Waals surface area contributed by atoms with Gasteiger partial charge in [0.25, 0.3) is 0 Å². The van der Waals surface area contributed by atoms with Crippen LogP contribution < -0.4 is 9.88 Å². The molecule has 1 aromatic heterocycles. The van der Waals surface area contributed by atoms with Gasteiger partial charge in [-0.25, -0.2) is 9.13 Å². The van der Waals surface area contributed by atoms with Crippen LogP contribution in [-0.2, 0) is 13.1 Å². The molecule has 0 saturated carbocycles. The third kappa shape index (κ3) is 3.40. The van der Waals surface area contributed by atoms with Gasteiger partial charge in [-0.1, -0.05) is 0 Å². The minimum Gasteiger partial charge on any atom is -0.392 e. The van der Waals surface area contributed by atoms with E-state index in [0.29, 0.717) is 6.54 Å². The summed E-state index contributed by atoms with van der Waals surface area (Å²) in [6, 6.07) is 0.724. The Kier molecular flexibility index (Phi) is 4.70. The number of aliphatic hydroxyl groups excluding tert-OH is 1. The lowest BCUT2D eigenvalue weighted by atomic mass is 9.84. The van der Waals surface area contributed by atoms with Gasteiger partial charge in [0.2, 0.25) is 6.33 Å². The molecule has 1 unspecified atom stereocenters.